The van der Waals surface area contributed by atoms with Gasteiger partial charge in [-0.05, 0) is 31.2 Å². The van der Waals surface area contributed by atoms with Crippen molar-refractivity contribution >= 4 is 5.91 Å². The molecular formula is C11H22N2O. The average Bonchev–Trinajstić information content (AvgIpc) is 2.52. The monoisotopic (exact) mass is 198 g/mol. The topological polar surface area (TPSA) is 46.3 Å². The minimum atomic E-state index is 0.225. The molecule has 0 aliphatic carbocycles. The molecule has 1 aliphatic heterocycles. The molecule has 0 saturated carbocycles. The Kier molecular flexibility index (Phi) is 3.93. The minimum absolute atomic E-state index is 0.225. The van der Waals surface area contributed by atoms with Crippen LogP contribution in [0.3, 0.4) is 0 Å². The summed E-state index contributed by atoms with van der Waals surface area (Å²) < 4.78 is 0. The SMILES string of the molecule is CC(C)(CN)CCCN1CCCC1=O. The Balaban J connectivity index is 2.18. The lowest BCUT2D eigenvalue weighted by Crippen LogP contribution is -2.28. The molecule has 1 heterocycles. The van der Waals surface area contributed by atoms with Crippen LogP contribution in [0.15, 0.2) is 0 Å². The summed E-state index contributed by atoms with van der Waals surface area (Å²) in [6, 6.07) is 0. The molecule has 0 spiro atoms. The number of amides is 1. The number of carbonyl (C=O) groups is 1. The first-order valence-electron chi connectivity index (χ1n) is 5.53. The van der Waals surface area contributed by atoms with E-state index in [4.69, 9.17) is 5.73 Å². The normalized spacial score (nSPS) is 17.9. The summed E-state index contributed by atoms with van der Waals surface area (Å²) in [6.07, 6.45) is 3.97. The molecule has 3 heteroatoms. The summed E-state index contributed by atoms with van der Waals surface area (Å²) in [4.78, 5) is 13.3. The van der Waals surface area contributed by atoms with E-state index in [2.05, 4.69) is 13.8 Å². The Bertz CT molecular complexity index is 201. The van der Waals surface area contributed by atoms with Gasteiger partial charge in [0, 0.05) is 19.5 Å². The molecule has 1 aliphatic rings. The maximum atomic E-state index is 11.3. The van der Waals surface area contributed by atoms with Crippen molar-refractivity contribution in [2.45, 2.75) is 39.5 Å². The lowest BCUT2D eigenvalue weighted by atomic mass is 9.88. The maximum absolute atomic E-state index is 11.3. The van der Waals surface area contributed by atoms with Crippen molar-refractivity contribution in [1.82, 2.24) is 4.90 Å². The zero-order chi connectivity index (χ0) is 10.6. The molecule has 1 fully saturated rings. The van der Waals surface area contributed by atoms with Gasteiger partial charge in [-0.1, -0.05) is 13.8 Å². The molecule has 2 N–H and O–H groups in total. The Hall–Kier alpha value is -0.570. The van der Waals surface area contributed by atoms with E-state index in [1.165, 1.54) is 0 Å². The van der Waals surface area contributed by atoms with Gasteiger partial charge in [-0.2, -0.15) is 0 Å². The average molecular weight is 198 g/mol. The van der Waals surface area contributed by atoms with E-state index < -0.39 is 0 Å². The third kappa shape index (κ3) is 3.29. The Morgan fingerprint density at radius 1 is 1.50 bits per heavy atom. The lowest BCUT2D eigenvalue weighted by Gasteiger charge is -2.24. The van der Waals surface area contributed by atoms with E-state index in [0.717, 1.165) is 45.3 Å². The van der Waals surface area contributed by atoms with Gasteiger partial charge in [0.25, 0.3) is 0 Å². The van der Waals surface area contributed by atoms with Crippen LogP contribution in [0.5, 0.6) is 0 Å². The summed E-state index contributed by atoms with van der Waals surface area (Å²) in [5.74, 6) is 0.329. The highest BCUT2D eigenvalue weighted by molar-refractivity contribution is 5.77. The van der Waals surface area contributed by atoms with Crippen LogP contribution in [0.1, 0.15) is 39.5 Å². The molecule has 0 atom stereocenters. The fraction of sp³-hybridized carbons (Fsp3) is 0.909. The van der Waals surface area contributed by atoms with E-state index in [-0.39, 0.29) is 5.41 Å². The fourth-order valence-corrected chi connectivity index (χ4v) is 1.79. The summed E-state index contributed by atoms with van der Waals surface area (Å²) in [7, 11) is 0. The fourth-order valence-electron chi connectivity index (χ4n) is 1.79. The number of likely N-dealkylation sites (tertiary alicyclic amines) is 1. The van der Waals surface area contributed by atoms with Gasteiger partial charge in [0.2, 0.25) is 5.91 Å². The lowest BCUT2D eigenvalue weighted by molar-refractivity contribution is -0.127. The summed E-state index contributed by atoms with van der Waals surface area (Å²) in [5.41, 5.74) is 5.87. The molecule has 3 nitrogen and oxygen atoms in total. The van der Waals surface area contributed by atoms with E-state index >= 15 is 0 Å². The van der Waals surface area contributed by atoms with Gasteiger partial charge >= 0.3 is 0 Å². The van der Waals surface area contributed by atoms with Crippen LogP contribution in [-0.2, 0) is 4.79 Å². The summed E-state index contributed by atoms with van der Waals surface area (Å²) in [6.45, 7) is 6.96. The van der Waals surface area contributed by atoms with Crippen LogP contribution in [-0.4, -0.2) is 30.4 Å². The van der Waals surface area contributed by atoms with Gasteiger partial charge in [-0.25, -0.2) is 0 Å². The molecular weight excluding hydrogens is 176 g/mol. The number of carbonyl (C=O) groups excluding carboxylic acids is 1. The van der Waals surface area contributed by atoms with Crippen LogP contribution in [0.4, 0.5) is 0 Å². The third-order valence-corrected chi connectivity index (χ3v) is 3.01. The van der Waals surface area contributed by atoms with Crippen LogP contribution in [0.2, 0.25) is 0 Å². The molecule has 0 bridgehead atoms. The van der Waals surface area contributed by atoms with Crippen LogP contribution in [0.25, 0.3) is 0 Å². The number of nitrogens with zero attached hydrogens (tertiary/aromatic N) is 1. The van der Waals surface area contributed by atoms with Crippen molar-refractivity contribution in [3.8, 4) is 0 Å². The summed E-state index contributed by atoms with van der Waals surface area (Å²) in [5, 5.41) is 0. The molecule has 0 aromatic heterocycles. The predicted molar refractivity (Wildman–Crippen MR) is 57.9 cm³/mol. The van der Waals surface area contributed by atoms with Crippen molar-refractivity contribution in [3.05, 3.63) is 0 Å². The van der Waals surface area contributed by atoms with Crippen molar-refractivity contribution in [3.63, 3.8) is 0 Å². The zero-order valence-electron chi connectivity index (χ0n) is 9.38. The van der Waals surface area contributed by atoms with Crippen LogP contribution < -0.4 is 5.73 Å². The Labute approximate surface area is 86.6 Å². The van der Waals surface area contributed by atoms with Crippen LogP contribution in [0, 0.1) is 5.41 Å². The summed E-state index contributed by atoms with van der Waals surface area (Å²) >= 11 is 0. The molecule has 0 aromatic rings. The van der Waals surface area contributed by atoms with E-state index in [1.54, 1.807) is 0 Å². The highest BCUT2D eigenvalue weighted by Crippen LogP contribution is 2.21. The van der Waals surface area contributed by atoms with Crippen molar-refractivity contribution in [2.75, 3.05) is 19.6 Å². The van der Waals surface area contributed by atoms with E-state index in [1.807, 2.05) is 4.90 Å². The van der Waals surface area contributed by atoms with Gasteiger partial charge in [-0.15, -0.1) is 0 Å². The maximum Gasteiger partial charge on any atom is 0.222 e. The standard InChI is InChI=1S/C11H22N2O/c1-11(2,9-12)6-4-8-13-7-3-5-10(13)14/h3-9,12H2,1-2H3. The van der Waals surface area contributed by atoms with Gasteiger partial charge in [0.1, 0.15) is 0 Å². The number of nitrogens with two attached hydrogens (primary N) is 1. The molecule has 0 unspecified atom stereocenters. The largest absolute Gasteiger partial charge is 0.343 e. The van der Waals surface area contributed by atoms with Crippen molar-refractivity contribution in [1.29, 1.82) is 0 Å². The first-order valence-corrected chi connectivity index (χ1v) is 5.53. The van der Waals surface area contributed by atoms with Gasteiger partial charge < -0.3 is 10.6 Å². The first-order chi connectivity index (χ1) is 6.55. The van der Waals surface area contributed by atoms with Crippen molar-refractivity contribution in [2.24, 2.45) is 11.1 Å². The van der Waals surface area contributed by atoms with Gasteiger partial charge in [-0.3, -0.25) is 4.79 Å². The molecule has 0 aromatic carbocycles. The van der Waals surface area contributed by atoms with Gasteiger partial charge in [0.05, 0.1) is 0 Å². The Morgan fingerprint density at radius 3 is 2.71 bits per heavy atom. The third-order valence-electron chi connectivity index (χ3n) is 3.01. The quantitative estimate of drug-likeness (QED) is 0.725. The second-order valence-corrected chi connectivity index (χ2v) is 4.96. The van der Waals surface area contributed by atoms with Gasteiger partial charge in [0.15, 0.2) is 0 Å². The molecule has 0 radical (unpaired) electrons. The number of hydrogen-bond donors (Lipinski definition) is 1. The second kappa shape index (κ2) is 4.78. The highest BCUT2D eigenvalue weighted by Gasteiger charge is 2.21. The molecule has 14 heavy (non-hydrogen) atoms. The first kappa shape index (κ1) is 11.5. The van der Waals surface area contributed by atoms with E-state index in [9.17, 15) is 4.79 Å². The molecule has 1 saturated heterocycles. The van der Waals surface area contributed by atoms with Crippen molar-refractivity contribution < 1.29 is 4.79 Å². The molecule has 1 rings (SSSR count). The smallest absolute Gasteiger partial charge is 0.222 e. The Morgan fingerprint density at radius 2 is 2.21 bits per heavy atom. The molecule has 82 valence electrons. The number of hydrogen-bond acceptors (Lipinski definition) is 2. The molecule has 1 amide bonds. The second-order valence-electron chi connectivity index (χ2n) is 4.96. The van der Waals surface area contributed by atoms with Crippen LogP contribution >= 0.6 is 0 Å². The predicted octanol–water partition coefficient (Wildman–Crippen LogP) is 1.37. The zero-order valence-corrected chi connectivity index (χ0v) is 9.38. The minimum Gasteiger partial charge on any atom is -0.343 e. The van der Waals surface area contributed by atoms with E-state index in [0.29, 0.717) is 5.91 Å². The number of rotatable bonds is 5. The highest BCUT2D eigenvalue weighted by atomic mass is 16.2.